The van der Waals surface area contributed by atoms with Crippen molar-refractivity contribution in [3.8, 4) is 0 Å². The maximum Gasteiger partial charge on any atom is 0.191 e. The van der Waals surface area contributed by atoms with Crippen LogP contribution in [-0.2, 0) is 0 Å². The third kappa shape index (κ3) is 2.22. The molecule has 0 aromatic rings. The van der Waals surface area contributed by atoms with Crippen molar-refractivity contribution in [2.24, 2.45) is 0 Å². The summed E-state index contributed by atoms with van der Waals surface area (Å²) in [6.45, 7) is 4.78. The first-order chi connectivity index (χ1) is 4.80. The largest absolute Gasteiger partial charge is 0.345 e. The average Bonchev–Trinajstić information content (AvgIpc) is 1.92. The van der Waals surface area contributed by atoms with Crippen molar-refractivity contribution >= 4 is 0 Å². The Bertz CT molecular complexity index is 83.7. The Kier molecular flexibility index (Phi) is 3.08. The molecule has 10 heavy (non-hydrogen) atoms. The zero-order valence-corrected chi connectivity index (χ0v) is 6.55. The van der Waals surface area contributed by atoms with E-state index in [1.807, 2.05) is 0 Å². The molecule has 60 valence electrons. The zero-order valence-electron chi connectivity index (χ0n) is 6.55. The van der Waals surface area contributed by atoms with Gasteiger partial charge in [-0.3, -0.25) is 0 Å². The van der Waals surface area contributed by atoms with Crippen LogP contribution in [0.15, 0.2) is 0 Å². The van der Waals surface area contributed by atoms with Gasteiger partial charge in [0.25, 0.3) is 0 Å². The van der Waals surface area contributed by atoms with Crippen LogP contribution in [0, 0.1) is 0 Å². The summed E-state index contributed by atoms with van der Waals surface area (Å²) in [5, 5.41) is 4.68. The molecular formula is C6H20N4+4. The van der Waals surface area contributed by atoms with Crippen LogP contribution in [0.2, 0.25) is 0 Å². The lowest BCUT2D eigenvalue weighted by molar-refractivity contribution is -0.768. The van der Waals surface area contributed by atoms with Crippen molar-refractivity contribution in [3.05, 3.63) is 0 Å². The SMILES string of the molecule is [NH3+][C@H]1C[NH2+]CC[NH2+]C[C@@H]1[NH3+]. The Hall–Kier alpha value is -0.160. The molecular weight excluding hydrogens is 128 g/mol. The zero-order chi connectivity index (χ0) is 7.40. The molecule has 1 fully saturated rings. The van der Waals surface area contributed by atoms with Crippen LogP contribution >= 0.6 is 0 Å². The second-order valence-corrected chi connectivity index (χ2v) is 3.15. The molecule has 0 unspecified atom stereocenters. The minimum Gasteiger partial charge on any atom is -0.345 e. The average molecular weight is 148 g/mol. The van der Waals surface area contributed by atoms with E-state index in [9.17, 15) is 0 Å². The molecule has 0 aliphatic carbocycles. The highest BCUT2D eigenvalue weighted by Crippen LogP contribution is 1.72. The van der Waals surface area contributed by atoms with Gasteiger partial charge in [-0.2, -0.15) is 0 Å². The Morgan fingerprint density at radius 2 is 1.30 bits per heavy atom. The molecule has 4 nitrogen and oxygen atoms in total. The quantitative estimate of drug-likeness (QED) is 0.264. The van der Waals surface area contributed by atoms with Gasteiger partial charge >= 0.3 is 0 Å². The van der Waals surface area contributed by atoms with Crippen molar-refractivity contribution in [1.82, 2.24) is 0 Å². The highest BCUT2D eigenvalue weighted by atomic mass is 15.0. The molecule has 0 aromatic carbocycles. The molecule has 1 aliphatic heterocycles. The van der Waals surface area contributed by atoms with Gasteiger partial charge in [0, 0.05) is 0 Å². The highest BCUT2D eigenvalue weighted by molar-refractivity contribution is 4.60. The van der Waals surface area contributed by atoms with Gasteiger partial charge in [0.1, 0.15) is 26.2 Å². The number of nitrogens with two attached hydrogens (primary N) is 2. The van der Waals surface area contributed by atoms with Gasteiger partial charge in [-0.05, 0) is 0 Å². The molecule has 0 aromatic heterocycles. The Labute approximate surface area is 61.3 Å². The lowest BCUT2D eigenvalue weighted by atomic mass is 10.1. The number of rotatable bonds is 0. The molecule has 10 N–H and O–H groups in total. The third-order valence-corrected chi connectivity index (χ3v) is 2.18. The summed E-state index contributed by atoms with van der Waals surface area (Å²) in [5.41, 5.74) is 8.13. The van der Waals surface area contributed by atoms with Crippen LogP contribution < -0.4 is 22.1 Å². The molecule has 0 bridgehead atoms. The first-order valence-electron chi connectivity index (χ1n) is 4.10. The smallest absolute Gasteiger partial charge is 0.191 e. The van der Waals surface area contributed by atoms with Gasteiger partial charge < -0.3 is 22.1 Å². The van der Waals surface area contributed by atoms with E-state index < -0.39 is 0 Å². The first kappa shape index (κ1) is 7.94. The van der Waals surface area contributed by atoms with E-state index in [1.54, 1.807) is 0 Å². The lowest BCUT2D eigenvalue weighted by Crippen LogP contribution is -3.05. The topological polar surface area (TPSA) is 88.5 Å². The molecule has 1 aliphatic rings. The van der Waals surface area contributed by atoms with E-state index in [2.05, 4.69) is 22.1 Å². The third-order valence-electron chi connectivity index (χ3n) is 2.18. The normalized spacial score (nSPS) is 36.6. The van der Waals surface area contributed by atoms with Crippen molar-refractivity contribution < 1.29 is 22.1 Å². The van der Waals surface area contributed by atoms with Crippen LogP contribution in [0.25, 0.3) is 0 Å². The van der Waals surface area contributed by atoms with Crippen molar-refractivity contribution in [2.45, 2.75) is 12.1 Å². The molecule has 4 heteroatoms. The Balaban J connectivity index is 2.28. The van der Waals surface area contributed by atoms with Crippen molar-refractivity contribution in [2.75, 3.05) is 26.2 Å². The predicted octanol–water partition coefficient (Wildman–Crippen LogP) is -5.65. The van der Waals surface area contributed by atoms with Crippen LogP contribution in [0.5, 0.6) is 0 Å². The summed E-state index contributed by atoms with van der Waals surface area (Å²) in [7, 11) is 0. The molecule has 0 saturated carbocycles. The fraction of sp³-hybridized carbons (Fsp3) is 1.00. The number of quaternary nitrogens is 4. The van der Waals surface area contributed by atoms with E-state index in [0.717, 1.165) is 13.1 Å². The van der Waals surface area contributed by atoms with E-state index in [1.165, 1.54) is 13.1 Å². The molecule has 0 spiro atoms. The van der Waals surface area contributed by atoms with Crippen LogP contribution in [0.1, 0.15) is 0 Å². The van der Waals surface area contributed by atoms with Crippen LogP contribution in [-0.4, -0.2) is 38.3 Å². The molecule has 1 heterocycles. The Morgan fingerprint density at radius 3 is 1.70 bits per heavy atom. The van der Waals surface area contributed by atoms with Gasteiger partial charge in [0.2, 0.25) is 0 Å². The second kappa shape index (κ2) is 3.88. The minimum absolute atomic E-state index is 0.538. The minimum atomic E-state index is 0.538. The molecule has 1 saturated heterocycles. The van der Waals surface area contributed by atoms with Gasteiger partial charge in [0.05, 0.1) is 0 Å². The number of hydrogen-bond acceptors (Lipinski definition) is 0. The summed E-state index contributed by atoms with van der Waals surface area (Å²) in [6, 6.07) is 1.08. The van der Waals surface area contributed by atoms with Crippen molar-refractivity contribution in [1.29, 1.82) is 0 Å². The van der Waals surface area contributed by atoms with Crippen LogP contribution in [0.4, 0.5) is 0 Å². The predicted molar refractivity (Wildman–Crippen MR) is 36.7 cm³/mol. The van der Waals surface area contributed by atoms with Gasteiger partial charge in [-0.1, -0.05) is 0 Å². The maximum absolute atomic E-state index is 4.07. The summed E-state index contributed by atoms with van der Waals surface area (Å²) in [4.78, 5) is 0. The molecule has 0 amide bonds. The standard InChI is InChI=1S/C6H16N4/c7-5-3-9-1-2-10-4-6(5)8/h5-6,9-10H,1-4,7-8H2/p+4/t5-,6-/m0/s1. The van der Waals surface area contributed by atoms with Gasteiger partial charge in [-0.15, -0.1) is 0 Å². The highest BCUT2D eigenvalue weighted by Gasteiger charge is 2.25. The van der Waals surface area contributed by atoms with E-state index >= 15 is 0 Å². The summed E-state index contributed by atoms with van der Waals surface area (Å²) in [6.07, 6.45) is 0. The summed E-state index contributed by atoms with van der Waals surface area (Å²) in [5.74, 6) is 0. The van der Waals surface area contributed by atoms with Crippen molar-refractivity contribution in [3.63, 3.8) is 0 Å². The lowest BCUT2D eigenvalue weighted by Gasteiger charge is -2.14. The summed E-state index contributed by atoms with van der Waals surface area (Å²) >= 11 is 0. The fourth-order valence-electron chi connectivity index (χ4n) is 1.28. The monoisotopic (exact) mass is 148 g/mol. The van der Waals surface area contributed by atoms with Gasteiger partial charge in [0.15, 0.2) is 12.1 Å². The Morgan fingerprint density at radius 1 is 0.900 bits per heavy atom. The maximum atomic E-state index is 4.07. The molecule has 2 atom stereocenters. The second-order valence-electron chi connectivity index (χ2n) is 3.15. The van der Waals surface area contributed by atoms with Gasteiger partial charge in [-0.25, -0.2) is 0 Å². The molecule has 1 rings (SSSR count). The first-order valence-corrected chi connectivity index (χ1v) is 4.10. The van der Waals surface area contributed by atoms with E-state index in [0.29, 0.717) is 12.1 Å². The van der Waals surface area contributed by atoms with E-state index in [4.69, 9.17) is 0 Å². The fourth-order valence-corrected chi connectivity index (χ4v) is 1.28. The molecule has 0 radical (unpaired) electrons. The van der Waals surface area contributed by atoms with E-state index in [-0.39, 0.29) is 0 Å². The number of hydrogen-bond donors (Lipinski definition) is 4. The van der Waals surface area contributed by atoms with Crippen LogP contribution in [0.3, 0.4) is 0 Å². The summed E-state index contributed by atoms with van der Waals surface area (Å²) < 4.78 is 0.